The number of rotatable bonds is 7. The van der Waals surface area contributed by atoms with E-state index >= 15 is 0 Å². The molecule has 0 bridgehead atoms. The zero-order valence-corrected chi connectivity index (χ0v) is 22.7. The van der Waals surface area contributed by atoms with E-state index in [-0.39, 0.29) is 41.6 Å². The smallest absolute Gasteiger partial charge is 0.410 e. The number of hydrogen-bond donors (Lipinski definition) is 1. The van der Waals surface area contributed by atoms with Gasteiger partial charge in [-0.2, -0.15) is 4.98 Å². The number of carbonyl (C=O) groups is 1. The summed E-state index contributed by atoms with van der Waals surface area (Å²) in [5.41, 5.74) is 6.94. The summed E-state index contributed by atoms with van der Waals surface area (Å²) in [6.07, 6.45) is 3.50. The molecule has 1 amide bonds. The number of ether oxygens (including phenoxy) is 2. The van der Waals surface area contributed by atoms with Crippen molar-refractivity contribution in [3.05, 3.63) is 53.7 Å². The first-order valence-corrected chi connectivity index (χ1v) is 13.4. The first-order valence-electron chi connectivity index (χ1n) is 13.4. The van der Waals surface area contributed by atoms with Crippen molar-refractivity contribution in [2.75, 3.05) is 31.1 Å². The van der Waals surface area contributed by atoms with Crippen molar-refractivity contribution < 1.29 is 27.6 Å². The second-order valence-corrected chi connectivity index (χ2v) is 10.5. The topological polar surface area (TPSA) is 133 Å². The molecule has 13 heteroatoms. The van der Waals surface area contributed by atoms with Crippen molar-refractivity contribution in [3.8, 4) is 11.5 Å². The fourth-order valence-corrected chi connectivity index (χ4v) is 5.05. The molecule has 0 radical (unpaired) electrons. The van der Waals surface area contributed by atoms with Gasteiger partial charge < -0.3 is 29.5 Å². The third kappa shape index (κ3) is 6.20. The Kier molecular flexibility index (Phi) is 8.22. The molecule has 4 heterocycles. The van der Waals surface area contributed by atoms with Crippen LogP contribution < -0.4 is 10.6 Å². The normalized spacial score (nSPS) is 20.8. The van der Waals surface area contributed by atoms with Gasteiger partial charge in [-0.15, -0.1) is 0 Å². The highest BCUT2D eigenvalue weighted by molar-refractivity contribution is 5.67. The quantitative estimate of drug-likeness (QED) is 0.457. The first kappa shape index (κ1) is 27.8. The van der Waals surface area contributed by atoms with Crippen LogP contribution in [-0.2, 0) is 9.47 Å². The lowest BCUT2D eigenvalue weighted by atomic mass is 9.94. The van der Waals surface area contributed by atoms with Crippen LogP contribution in [0, 0.1) is 11.6 Å². The summed E-state index contributed by atoms with van der Waals surface area (Å²) in [6.45, 7) is 7.40. The van der Waals surface area contributed by atoms with Crippen LogP contribution in [0.1, 0.15) is 57.1 Å². The largest absolute Gasteiger partial charge is 0.447 e. The van der Waals surface area contributed by atoms with E-state index in [1.165, 1.54) is 12.3 Å². The number of amides is 1. The van der Waals surface area contributed by atoms with Crippen molar-refractivity contribution >= 4 is 11.9 Å². The molecule has 5 rings (SSSR count). The predicted molar refractivity (Wildman–Crippen MR) is 140 cm³/mol. The summed E-state index contributed by atoms with van der Waals surface area (Å²) < 4.78 is 44.8. The molecule has 3 atom stereocenters. The fraction of sp³-hybridized carbons (Fsp3) is 0.519. The molecule has 214 valence electrons. The first-order chi connectivity index (χ1) is 19.2. The molecule has 0 aliphatic carbocycles. The Morgan fingerprint density at radius 2 is 1.90 bits per heavy atom. The minimum atomic E-state index is -0.500. The molecule has 2 aromatic heterocycles. The lowest BCUT2D eigenvalue weighted by molar-refractivity contribution is -0.0475. The maximum atomic E-state index is 14.3. The SMILES string of the molecule is CC(C)OC(=O)N1CCC(OC(C)c2nc(-c3cnc(N4CC(N)C(c5cc(F)ccc5F)C4)cn3)no2)CC1. The van der Waals surface area contributed by atoms with Crippen molar-refractivity contribution in [1.82, 2.24) is 25.0 Å². The van der Waals surface area contributed by atoms with Gasteiger partial charge >= 0.3 is 6.09 Å². The Morgan fingerprint density at radius 3 is 2.60 bits per heavy atom. The Balaban J connectivity index is 1.16. The molecule has 2 N–H and O–H groups in total. The number of nitrogens with two attached hydrogens (primary N) is 1. The van der Waals surface area contributed by atoms with Gasteiger partial charge in [0.2, 0.25) is 5.82 Å². The maximum absolute atomic E-state index is 14.3. The maximum Gasteiger partial charge on any atom is 0.410 e. The number of hydrogen-bond acceptors (Lipinski definition) is 10. The molecular formula is C27H33F2N7O4. The number of anilines is 1. The number of halogens is 2. The van der Waals surface area contributed by atoms with E-state index in [1.54, 1.807) is 11.1 Å². The van der Waals surface area contributed by atoms with Crippen LogP contribution in [0.3, 0.4) is 0 Å². The monoisotopic (exact) mass is 557 g/mol. The van der Waals surface area contributed by atoms with E-state index in [2.05, 4.69) is 20.1 Å². The van der Waals surface area contributed by atoms with E-state index in [0.717, 1.165) is 12.1 Å². The Labute approximate surface area is 230 Å². The van der Waals surface area contributed by atoms with Crippen LogP contribution in [0.5, 0.6) is 0 Å². The van der Waals surface area contributed by atoms with Gasteiger partial charge in [0.25, 0.3) is 5.89 Å². The van der Waals surface area contributed by atoms with Crippen LogP contribution in [0.25, 0.3) is 11.5 Å². The second-order valence-electron chi connectivity index (χ2n) is 10.5. The summed E-state index contributed by atoms with van der Waals surface area (Å²) in [4.78, 5) is 29.0. The van der Waals surface area contributed by atoms with E-state index in [1.807, 2.05) is 25.7 Å². The number of likely N-dealkylation sites (tertiary alicyclic amines) is 1. The van der Waals surface area contributed by atoms with E-state index < -0.39 is 17.7 Å². The summed E-state index contributed by atoms with van der Waals surface area (Å²) in [5, 5.41) is 4.02. The van der Waals surface area contributed by atoms with E-state index in [0.29, 0.717) is 56.4 Å². The van der Waals surface area contributed by atoms with Gasteiger partial charge in [0.05, 0.1) is 24.6 Å². The van der Waals surface area contributed by atoms with E-state index in [4.69, 9.17) is 19.7 Å². The van der Waals surface area contributed by atoms with Gasteiger partial charge in [0, 0.05) is 38.1 Å². The molecular weight excluding hydrogens is 524 g/mol. The molecule has 3 aromatic rings. The highest BCUT2D eigenvalue weighted by atomic mass is 19.1. The summed E-state index contributed by atoms with van der Waals surface area (Å²) >= 11 is 0. The van der Waals surface area contributed by atoms with Gasteiger partial charge in [-0.1, -0.05) is 5.16 Å². The summed E-state index contributed by atoms with van der Waals surface area (Å²) in [5.74, 6) is -0.212. The Morgan fingerprint density at radius 1 is 1.12 bits per heavy atom. The standard InChI is InChI=1S/C27H33F2N7O4/c1-15(2)38-27(37)35-8-6-18(7-9-35)39-16(3)26-33-25(34-40-26)23-11-32-24(12-31-23)36-13-20(22(30)14-36)19-10-17(28)4-5-21(19)29/h4-5,10-12,15-16,18,20,22H,6-9,13-14,30H2,1-3H3. The number of carbonyl (C=O) groups excluding carboxylic acids is 1. The highest BCUT2D eigenvalue weighted by Crippen LogP contribution is 2.31. The molecule has 40 heavy (non-hydrogen) atoms. The zero-order chi connectivity index (χ0) is 28.4. The number of aromatic nitrogens is 4. The van der Waals surface area contributed by atoms with Crippen molar-refractivity contribution in [1.29, 1.82) is 0 Å². The van der Waals surface area contributed by atoms with Crippen LogP contribution in [0.2, 0.25) is 0 Å². The lowest BCUT2D eigenvalue weighted by Gasteiger charge is -2.32. The molecule has 11 nitrogen and oxygen atoms in total. The average Bonchev–Trinajstić information content (AvgIpc) is 3.58. The number of nitrogens with zero attached hydrogens (tertiary/aromatic N) is 6. The molecule has 2 fully saturated rings. The Bertz CT molecular complexity index is 1310. The van der Waals surface area contributed by atoms with Crippen LogP contribution in [-0.4, -0.2) is 75.5 Å². The van der Waals surface area contributed by atoms with Crippen LogP contribution in [0.15, 0.2) is 35.1 Å². The third-order valence-electron chi connectivity index (χ3n) is 7.14. The molecule has 3 unspecified atom stereocenters. The molecule has 0 spiro atoms. The minimum Gasteiger partial charge on any atom is -0.447 e. The Hall–Kier alpha value is -3.71. The minimum absolute atomic E-state index is 0.0518. The zero-order valence-electron chi connectivity index (χ0n) is 22.7. The van der Waals surface area contributed by atoms with E-state index in [9.17, 15) is 13.6 Å². The molecule has 1 aromatic carbocycles. The second kappa shape index (κ2) is 11.8. The van der Waals surface area contributed by atoms with Gasteiger partial charge in [-0.3, -0.25) is 0 Å². The van der Waals surface area contributed by atoms with Crippen molar-refractivity contribution in [3.63, 3.8) is 0 Å². The van der Waals surface area contributed by atoms with Gasteiger partial charge in [-0.05, 0) is 57.4 Å². The molecule has 0 saturated carbocycles. The van der Waals surface area contributed by atoms with Crippen LogP contribution in [0.4, 0.5) is 19.4 Å². The number of piperidine rings is 1. The molecule has 2 saturated heterocycles. The van der Waals surface area contributed by atoms with Crippen LogP contribution >= 0.6 is 0 Å². The summed E-state index contributed by atoms with van der Waals surface area (Å²) in [6, 6.07) is 3.02. The highest BCUT2D eigenvalue weighted by Gasteiger charge is 2.34. The third-order valence-corrected chi connectivity index (χ3v) is 7.14. The van der Waals surface area contributed by atoms with Crippen molar-refractivity contribution in [2.45, 2.75) is 63.9 Å². The fourth-order valence-electron chi connectivity index (χ4n) is 5.05. The van der Waals surface area contributed by atoms with Gasteiger partial charge in [-0.25, -0.2) is 23.5 Å². The molecule has 2 aliphatic heterocycles. The predicted octanol–water partition coefficient (Wildman–Crippen LogP) is 3.82. The van der Waals surface area contributed by atoms with Crippen molar-refractivity contribution in [2.24, 2.45) is 5.73 Å². The lowest BCUT2D eigenvalue weighted by Crippen LogP contribution is -2.42. The van der Waals surface area contributed by atoms with Gasteiger partial charge in [0.15, 0.2) is 0 Å². The van der Waals surface area contributed by atoms with Gasteiger partial charge in [0.1, 0.15) is 29.3 Å². The average molecular weight is 558 g/mol. The number of benzene rings is 1. The summed E-state index contributed by atoms with van der Waals surface area (Å²) in [7, 11) is 0. The molecule has 2 aliphatic rings.